The van der Waals surface area contributed by atoms with Crippen molar-refractivity contribution in [3.63, 3.8) is 0 Å². The average Bonchev–Trinajstić information content (AvgIpc) is 3.89. The third kappa shape index (κ3) is 4.99. The molecule has 14 heteroatoms. The highest BCUT2D eigenvalue weighted by molar-refractivity contribution is 6.13. The van der Waals surface area contributed by atoms with Crippen LogP contribution in [0.2, 0.25) is 0 Å². The van der Waals surface area contributed by atoms with E-state index in [-0.39, 0.29) is 48.1 Å². The van der Waals surface area contributed by atoms with Gasteiger partial charge in [0.2, 0.25) is 23.7 Å². The number of urea groups is 1. The SMILES string of the molecule is Cc1ccnc(C2CC2C(=O)Nc2nc(NCc3cn4cc(C5CC5)cc(N5CC(=O)N(C)C5=O)c4n3)nc(C3CC3)n2)n1. The first-order chi connectivity index (χ1) is 21.3. The quantitative estimate of drug-likeness (QED) is 0.276. The molecule has 0 radical (unpaired) electrons. The minimum Gasteiger partial charge on any atom is -0.348 e. The van der Waals surface area contributed by atoms with Gasteiger partial charge in [-0.25, -0.2) is 19.7 Å². The van der Waals surface area contributed by atoms with Crippen molar-refractivity contribution >= 4 is 41.1 Å². The van der Waals surface area contributed by atoms with Crippen molar-refractivity contribution in [1.29, 1.82) is 0 Å². The Morgan fingerprint density at radius 1 is 0.977 bits per heavy atom. The van der Waals surface area contributed by atoms with Gasteiger partial charge in [0.25, 0.3) is 0 Å². The van der Waals surface area contributed by atoms with Gasteiger partial charge in [0, 0.05) is 49.1 Å². The molecule has 4 aliphatic rings. The normalized spacial score (nSPS) is 21.3. The topological polar surface area (TPSA) is 164 Å². The number of carbonyl (C=O) groups excluding carboxylic acids is 3. The standard InChI is InChI=1S/C30H31N11O3/c1-15-7-8-31-25(33-15)20-10-21(20)27(43)37-29-36-24(17-5-6-17)35-28(38-29)32-11-19-13-40-12-18(16-3-4-16)9-22(26(40)34-19)41-14-23(42)39(2)30(41)44/h7-9,12-13,16-17,20-21H,3-6,10-11,14H2,1-2H3,(H2,32,35,36,37,38,43). The monoisotopic (exact) mass is 593 g/mol. The Hall–Kier alpha value is -5.01. The number of nitrogens with one attached hydrogen (secondary N) is 2. The summed E-state index contributed by atoms with van der Waals surface area (Å²) in [4.78, 5) is 68.1. The van der Waals surface area contributed by atoms with Crippen LogP contribution in [0.15, 0.2) is 30.7 Å². The van der Waals surface area contributed by atoms with Gasteiger partial charge in [-0.1, -0.05) is 0 Å². The zero-order chi connectivity index (χ0) is 30.1. The molecule has 4 aromatic heterocycles. The minimum absolute atomic E-state index is 0.00743. The molecule has 0 bridgehead atoms. The van der Waals surface area contributed by atoms with Gasteiger partial charge in [0.05, 0.1) is 17.9 Å². The molecule has 3 aliphatic carbocycles. The Kier molecular flexibility index (Phi) is 6.06. The predicted molar refractivity (Wildman–Crippen MR) is 158 cm³/mol. The molecule has 14 nitrogen and oxygen atoms in total. The highest BCUT2D eigenvalue weighted by atomic mass is 16.2. The van der Waals surface area contributed by atoms with Gasteiger partial charge in [0.15, 0.2) is 5.65 Å². The van der Waals surface area contributed by atoms with Crippen LogP contribution in [0.5, 0.6) is 0 Å². The Morgan fingerprint density at radius 3 is 2.50 bits per heavy atom. The number of aryl methyl sites for hydroxylation is 1. The van der Waals surface area contributed by atoms with Crippen molar-refractivity contribution in [2.75, 3.05) is 29.1 Å². The molecule has 8 rings (SSSR count). The molecule has 0 spiro atoms. The van der Waals surface area contributed by atoms with Gasteiger partial charge in [-0.2, -0.15) is 15.0 Å². The summed E-state index contributed by atoms with van der Waals surface area (Å²) in [5.74, 6) is 1.98. The number of fused-ring (bicyclic) bond motifs is 1. The van der Waals surface area contributed by atoms with Crippen molar-refractivity contribution in [2.45, 2.75) is 63.3 Å². The Labute approximate surface area is 252 Å². The van der Waals surface area contributed by atoms with E-state index in [1.807, 2.05) is 35.9 Å². The number of likely N-dealkylation sites (N-methyl/N-ethyl adjacent to an activating group) is 1. The third-order valence-corrected chi connectivity index (χ3v) is 8.66. The van der Waals surface area contributed by atoms with Gasteiger partial charge in [-0.05, 0) is 62.6 Å². The maximum absolute atomic E-state index is 13.1. The molecule has 4 amide bonds. The zero-order valence-corrected chi connectivity index (χ0v) is 24.4. The predicted octanol–water partition coefficient (Wildman–Crippen LogP) is 3.13. The second-order valence-corrected chi connectivity index (χ2v) is 12.2. The van der Waals surface area contributed by atoms with Gasteiger partial charge in [-0.15, -0.1) is 0 Å². The lowest BCUT2D eigenvalue weighted by Gasteiger charge is -2.17. The summed E-state index contributed by atoms with van der Waals surface area (Å²) in [5, 5.41) is 6.14. The summed E-state index contributed by atoms with van der Waals surface area (Å²) in [7, 11) is 1.50. The summed E-state index contributed by atoms with van der Waals surface area (Å²) in [6, 6.07) is 3.47. The molecule has 4 aromatic rings. The van der Waals surface area contributed by atoms with Gasteiger partial charge < -0.3 is 9.72 Å². The number of hydrogen-bond acceptors (Lipinski definition) is 10. The largest absolute Gasteiger partial charge is 0.348 e. The first-order valence-electron chi connectivity index (χ1n) is 15.0. The second kappa shape index (κ2) is 10.0. The number of hydrogen-bond donors (Lipinski definition) is 2. The first-order valence-corrected chi connectivity index (χ1v) is 15.0. The number of imide groups is 1. The van der Waals surface area contributed by atoms with E-state index in [1.165, 1.54) is 11.9 Å². The first kappa shape index (κ1) is 26.6. The van der Waals surface area contributed by atoms with Crippen LogP contribution in [0.3, 0.4) is 0 Å². The average molecular weight is 594 g/mol. The number of aromatic nitrogens is 7. The van der Waals surface area contributed by atoms with Crippen molar-refractivity contribution in [1.82, 2.24) is 39.2 Å². The smallest absolute Gasteiger partial charge is 0.331 e. The molecule has 44 heavy (non-hydrogen) atoms. The number of amides is 4. The van der Waals surface area contributed by atoms with Crippen molar-refractivity contribution in [3.8, 4) is 0 Å². The van der Waals surface area contributed by atoms with Crippen LogP contribution < -0.4 is 15.5 Å². The van der Waals surface area contributed by atoms with E-state index in [9.17, 15) is 14.4 Å². The van der Waals surface area contributed by atoms with Crippen molar-refractivity contribution < 1.29 is 14.4 Å². The lowest BCUT2D eigenvalue weighted by atomic mass is 10.1. The molecule has 5 heterocycles. The Bertz CT molecular complexity index is 1850. The van der Waals surface area contributed by atoms with E-state index in [0.717, 1.165) is 41.8 Å². The van der Waals surface area contributed by atoms with E-state index in [4.69, 9.17) is 4.98 Å². The molecule has 2 atom stereocenters. The molecular weight excluding hydrogens is 562 g/mol. The summed E-state index contributed by atoms with van der Waals surface area (Å²) >= 11 is 0. The van der Waals surface area contributed by atoms with Crippen LogP contribution in [0.25, 0.3) is 5.65 Å². The van der Waals surface area contributed by atoms with Crippen LogP contribution in [0, 0.1) is 12.8 Å². The summed E-state index contributed by atoms with van der Waals surface area (Å²) < 4.78 is 1.93. The number of pyridine rings is 1. The number of rotatable bonds is 9. The fraction of sp³-hybridized carbons (Fsp3) is 0.433. The van der Waals surface area contributed by atoms with E-state index in [1.54, 1.807) is 6.20 Å². The highest BCUT2D eigenvalue weighted by Gasteiger charge is 2.46. The molecule has 1 saturated heterocycles. The van der Waals surface area contributed by atoms with Crippen LogP contribution in [0.1, 0.15) is 78.5 Å². The maximum Gasteiger partial charge on any atom is 0.331 e. The summed E-state index contributed by atoms with van der Waals surface area (Å²) in [6.45, 7) is 2.21. The van der Waals surface area contributed by atoms with Gasteiger partial charge in [-0.3, -0.25) is 24.7 Å². The van der Waals surface area contributed by atoms with Crippen molar-refractivity contribution in [2.24, 2.45) is 5.92 Å². The Balaban J connectivity index is 1.02. The molecular formula is C30H31N11O3. The minimum atomic E-state index is -0.358. The highest BCUT2D eigenvalue weighted by Crippen LogP contribution is 2.46. The zero-order valence-electron chi connectivity index (χ0n) is 24.4. The number of carbonyl (C=O) groups is 3. The maximum atomic E-state index is 13.1. The summed E-state index contributed by atoms with van der Waals surface area (Å²) in [6.07, 6.45) is 10.6. The van der Waals surface area contributed by atoms with Crippen LogP contribution >= 0.6 is 0 Å². The van der Waals surface area contributed by atoms with E-state index in [0.29, 0.717) is 53.5 Å². The Morgan fingerprint density at radius 2 is 1.77 bits per heavy atom. The molecule has 1 aliphatic heterocycles. The summed E-state index contributed by atoms with van der Waals surface area (Å²) in [5.41, 5.74) is 3.93. The van der Waals surface area contributed by atoms with E-state index in [2.05, 4.69) is 35.6 Å². The molecule has 0 aromatic carbocycles. The molecule has 2 unspecified atom stereocenters. The fourth-order valence-electron chi connectivity index (χ4n) is 5.70. The lowest BCUT2D eigenvalue weighted by molar-refractivity contribution is -0.124. The number of nitrogens with zero attached hydrogens (tertiary/aromatic N) is 9. The van der Waals surface area contributed by atoms with Crippen LogP contribution in [-0.4, -0.2) is 70.6 Å². The van der Waals surface area contributed by atoms with E-state index >= 15 is 0 Å². The molecule has 224 valence electrons. The molecule has 3 saturated carbocycles. The third-order valence-electron chi connectivity index (χ3n) is 8.66. The number of anilines is 3. The van der Waals surface area contributed by atoms with Crippen LogP contribution in [0.4, 0.5) is 22.4 Å². The second-order valence-electron chi connectivity index (χ2n) is 12.2. The fourth-order valence-corrected chi connectivity index (χ4v) is 5.70. The molecule has 4 fully saturated rings. The van der Waals surface area contributed by atoms with E-state index < -0.39 is 0 Å². The van der Waals surface area contributed by atoms with Gasteiger partial charge in [0.1, 0.15) is 18.2 Å². The number of imidazole rings is 1. The molecule has 2 N–H and O–H groups in total. The lowest BCUT2D eigenvalue weighted by Crippen LogP contribution is -2.30. The van der Waals surface area contributed by atoms with Gasteiger partial charge >= 0.3 is 6.03 Å². The van der Waals surface area contributed by atoms with Crippen molar-refractivity contribution in [3.05, 3.63) is 59.3 Å². The van der Waals surface area contributed by atoms with Crippen LogP contribution in [-0.2, 0) is 16.1 Å².